The number of fused-ring (bicyclic) bond motifs is 1. The highest BCUT2D eigenvalue weighted by Crippen LogP contribution is 2.35. The molecule has 2 heterocycles. The summed E-state index contributed by atoms with van der Waals surface area (Å²) in [6, 6.07) is 19.2. The van der Waals surface area contributed by atoms with Crippen molar-refractivity contribution in [2.75, 3.05) is 19.7 Å². The number of carbonyl (C=O) groups is 3. The van der Waals surface area contributed by atoms with E-state index in [-0.39, 0.29) is 29.7 Å². The van der Waals surface area contributed by atoms with Crippen LogP contribution in [0, 0.1) is 10.1 Å². The lowest BCUT2D eigenvalue weighted by Crippen LogP contribution is -2.44. The molecule has 2 aliphatic heterocycles. The molecule has 1 saturated heterocycles. The fourth-order valence-electron chi connectivity index (χ4n) is 4.61. The molecule has 41 heavy (non-hydrogen) atoms. The van der Waals surface area contributed by atoms with Gasteiger partial charge in [-0.05, 0) is 77.7 Å². The van der Waals surface area contributed by atoms with Crippen LogP contribution >= 0.6 is 11.8 Å². The first-order chi connectivity index (χ1) is 19.8. The van der Waals surface area contributed by atoms with E-state index in [0.29, 0.717) is 36.8 Å². The standard InChI is InChI=1S/C30H27N3O7S/c1-2-39-26-15-21(9-12-25(26)40-19-20-7-10-24(11-8-20)33(37)38)16-27-29(35)32(30(36)41-27)18-28(34)31-14-13-22-5-3-4-6-23(22)17-31/h3-12,15-16H,2,13-14,17-19H2,1H3/b27-16+. The molecule has 0 aromatic heterocycles. The Bertz CT molecular complexity index is 1540. The van der Waals surface area contributed by atoms with Crippen molar-refractivity contribution in [3.05, 3.63) is 104 Å². The first-order valence-corrected chi connectivity index (χ1v) is 13.9. The molecule has 0 atom stereocenters. The van der Waals surface area contributed by atoms with Gasteiger partial charge in [0.15, 0.2) is 11.5 Å². The number of amides is 3. The molecule has 0 N–H and O–H groups in total. The molecule has 0 saturated carbocycles. The quantitative estimate of drug-likeness (QED) is 0.195. The summed E-state index contributed by atoms with van der Waals surface area (Å²) in [5.41, 5.74) is 3.66. The molecule has 0 aliphatic carbocycles. The van der Waals surface area contributed by atoms with Crippen molar-refractivity contribution in [2.24, 2.45) is 0 Å². The molecule has 3 aromatic rings. The number of hydrogen-bond donors (Lipinski definition) is 0. The Kier molecular flexibility index (Phi) is 8.34. The Morgan fingerprint density at radius 3 is 2.51 bits per heavy atom. The van der Waals surface area contributed by atoms with Crippen LogP contribution in [-0.4, -0.2) is 51.5 Å². The predicted octanol–water partition coefficient (Wildman–Crippen LogP) is 5.19. The Morgan fingerprint density at radius 1 is 1.02 bits per heavy atom. The van der Waals surface area contributed by atoms with Gasteiger partial charge in [0.05, 0.1) is 16.4 Å². The van der Waals surface area contributed by atoms with E-state index in [1.54, 1.807) is 41.3 Å². The fraction of sp³-hybridized carbons (Fsp3) is 0.233. The summed E-state index contributed by atoms with van der Waals surface area (Å²) in [6.45, 7) is 3.07. The summed E-state index contributed by atoms with van der Waals surface area (Å²) in [4.78, 5) is 52.0. The Hall–Kier alpha value is -4.64. The smallest absolute Gasteiger partial charge is 0.294 e. The highest BCUT2D eigenvalue weighted by atomic mass is 32.2. The number of imide groups is 1. The first-order valence-electron chi connectivity index (χ1n) is 13.0. The number of benzene rings is 3. The van der Waals surface area contributed by atoms with E-state index in [9.17, 15) is 24.5 Å². The van der Waals surface area contributed by atoms with Crippen molar-refractivity contribution < 1.29 is 28.8 Å². The van der Waals surface area contributed by atoms with Gasteiger partial charge in [0, 0.05) is 25.2 Å². The second kappa shape index (κ2) is 12.3. The minimum atomic E-state index is -0.512. The summed E-state index contributed by atoms with van der Waals surface area (Å²) >= 11 is 0.796. The Morgan fingerprint density at radius 2 is 1.78 bits per heavy atom. The van der Waals surface area contributed by atoms with Gasteiger partial charge >= 0.3 is 0 Å². The molecule has 3 aromatic carbocycles. The first kappa shape index (κ1) is 27.9. The Balaban J connectivity index is 1.25. The molecular weight excluding hydrogens is 546 g/mol. The van der Waals surface area contributed by atoms with Gasteiger partial charge in [-0.25, -0.2) is 0 Å². The second-order valence-electron chi connectivity index (χ2n) is 9.45. The highest BCUT2D eigenvalue weighted by Gasteiger charge is 2.37. The molecule has 210 valence electrons. The number of non-ortho nitro benzene ring substituents is 1. The zero-order valence-electron chi connectivity index (χ0n) is 22.3. The van der Waals surface area contributed by atoms with Gasteiger partial charge in [0.1, 0.15) is 13.2 Å². The molecule has 5 rings (SSSR count). The molecule has 11 heteroatoms. The molecule has 2 aliphatic rings. The van der Waals surface area contributed by atoms with Crippen LogP contribution in [0.3, 0.4) is 0 Å². The molecule has 3 amide bonds. The fourth-order valence-corrected chi connectivity index (χ4v) is 5.45. The van der Waals surface area contributed by atoms with Crippen LogP contribution in [0.4, 0.5) is 10.5 Å². The van der Waals surface area contributed by atoms with E-state index >= 15 is 0 Å². The average Bonchev–Trinajstić information content (AvgIpc) is 3.24. The molecule has 1 fully saturated rings. The molecule has 0 radical (unpaired) electrons. The minimum absolute atomic E-state index is 0.000779. The van der Waals surface area contributed by atoms with Crippen LogP contribution in [0.25, 0.3) is 6.08 Å². The zero-order chi connectivity index (χ0) is 28.9. The Labute approximate surface area is 240 Å². The normalized spacial score (nSPS) is 15.7. The van der Waals surface area contributed by atoms with E-state index in [1.165, 1.54) is 17.7 Å². The number of nitro groups is 1. The predicted molar refractivity (Wildman–Crippen MR) is 153 cm³/mol. The van der Waals surface area contributed by atoms with Crippen molar-refractivity contribution >= 4 is 40.6 Å². The average molecular weight is 574 g/mol. The molecular formula is C30H27N3O7S. The van der Waals surface area contributed by atoms with E-state index in [0.717, 1.165) is 34.2 Å². The molecule has 10 nitrogen and oxygen atoms in total. The minimum Gasteiger partial charge on any atom is -0.490 e. The number of hydrogen-bond acceptors (Lipinski definition) is 8. The van der Waals surface area contributed by atoms with Gasteiger partial charge in [-0.15, -0.1) is 0 Å². The lowest BCUT2D eigenvalue weighted by atomic mass is 10.00. The summed E-state index contributed by atoms with van der Waals surface area (Å²) in [6.07, 6.45) is 2.33. The molecule has 0 bridgehead atoms. The number of nitro benzene ring substituents is 1. The lowest BCUT2D eigenvalue weighted by Gasteiger charge is -2.29. The van der Waals surface area contributed by atoms with Crippen molar-refractivity contribution in [2.45, 2.75) is 26.5 Å². The highest BCUT2D eigenvalue weighted by molar-refractivity contribution is 8.18. The van der Waals surface area contributed by atoms with Crippen LogP contribution in [0.5, 0.6) is 11.5 Å². The third-order valence-corrected chi connectivity index (χ3v) is 7.66. The SMILES string of the molecule is CCOc1cc(/C=C2/SC(=O)N(CC(=O)N3CCc4ccccc4C3)C2=O)ccc1OCc1ccc([N+](=O)[O-])cc1. The number of carbonyl (C=O) groups excluding carboxylic acids is 3. The second-order valence-corrected chi connectivity index (χ2v) is 10.4. The van der Waals surface area contributed by atoms with E-state index in [1.807, 2.05) is 31.2 Å². The largest absolute Gasteiger partial charge is 0.490 e. The van der Waals surface area contributed by atoms with Crippen molar-refractivity contribution in [1.82, 2.24) is 9.80 Å². The van der Waals surface area contributed by atoms with Crippen molar-refractivity contribution in [3.63, 3.8) is 0 Å². The summed E-state index contributed by atoms with van der Waals surface area (Å²) in [5.74, 6) is 0.130. The van der Waals surface area contributed by atoms with Gasteiger partial charge in [-0.2, -0.15) is 0 Å². The van der Waals surface area contributed by atoms with Gasteiger partial charge in [-0.1, -0.05) is 30.3 Å². The van der Waals surface area contributed by atoms with Crippen LogP contribution in [0.2, 0.25) is 0 Å². The summed E-state index contributed by atoms with van der Waals surface area (Å²) in [7, 11) is 0. The maximum absolute atomic E-state index is 13.1. The van der Waals surface area contributed by atoms with E-state index < -0.39 is 16.1 Å². The maximum atomic E-state index is 13.1. The topological polar surface area (TPSA) is 119 Å². The number of rotatable bonds is 9. The van der Waals surface area contributed by atoms with Crippen molar-refractivity contribution in [3.8, 4) is 11.5 Å². The van der Waals surface area contributed by atoms with Gasteiger partial charge < -0.3 is 14.4 Å². The zero-order valence-corrected chi connectivity index (χ0v) is 23.1. The van der Waals surface area contributed by atoms with E-state index in [2.05, 4.69) is 0 Å². The van der Waals surface area contributed by atoms with Crippen molar-refractivity contribution in [1.29, 1.82) is 0 Å². The number of thioether (sulfide) groups is 1. The van der Waals surface area contributed by atoms with Gasteiger partial charge in [0.2, 0.25) is 5.91 Å². The third kappa shape index (κ3) is 6.41. The van der Waals surface area contributed by atoms with Gasteiger partial charge in [-0.3, -0.25) is 29.4 Å². The molecule has 0 spiro atoms. The summed E-state index contributed by atoms with van der Waals surface area (Å²) in [5, 5.41) is 10.4. The maximum Gasteiger partial charge on any atom is 0.294 e. The van der Waals surface area contributed by atoms with Crippen LogP contribution < -0.4 is 9.47 Å². The lowest BCUT2D eigenvalue weighted by molar-refractivity contribution is -0.384. The van der Waals surface area contributed by atoms with Crippen LogP contribution in [0.15, 0.2) is 71.6 Å². The molecule has 0 unspecified atom stereocenters. The van der Waals surface area contributed by atoms with Crippen LogP contribution in [0.1, 0.15) is 29.2 Å². The number of ether oxygens (including phenoxy) is 2. The van der Waals surface area contributed by atoms with Gasteiger partial charge in [0.25, 0.3) is 16.8 Å². The monoisotopic (exact) mass is 573 g/mol. The van der Waals surface area contributed by atoms with Crippen LogP contribution in [-0.2, 0) is 29.2 Å². The van der Waals surface area contributed by atoms with E-state index in [4.69, 9.17) is 9.47 Å². The third-order valence-electron chi connectivity index (χ3n) is 6.76. The number of nitrogens with zero attached hydrogens (tertiary/aromatic N) is 3. The summed E-state index contributed by atoms with van der Waals surface area (Å²) < 4.78 is 11.6.